The summed E-state index contributed by atoms with van der Waals surface area (Å²) in [6.07, 6.45) is 4.01. The standard InChI is InChI=1S/C27H33N3O6S/c1-17-7-6-10-22(18(17)2)30(19(3)27(33)29-20-8-4-5-9-20)26(32)15-37(34)14-25(31)28-21-11-12-23-24(13-21)36-16-35-23/h6-7,10-13,19-20H,4-5,8-9,14-16H2,1-3H3,(H,28,31)(H,29,33)/t19-,37+/m0/s1. The number of aryl methyl sites for hydroxylation is 1. The first-order valence-electron chi connectivity index (χ1n) is 12.5. The van der Waals surface area contributed by atoms with E-state index in [1.165, 1.54) is 4.90 Å². The zero-order valence-electron chi connectivity index (χ0n) is 21.4. The van der Waals surface area contributed by atoms with Crippen LogP contribution in [-0.2, 0) is 25.2 Å². The Labute approximate surface area is 219 Å². The van der Waals surface area contributed by atoms with E-state index in [-0.39, 0.29) is 30.2 Å². The molecular weight excluding hydrogens is 494 g/mol. The predicted octanol–water partition coefficient (Wildman–Crippen LogP) is 3.20. The predicted molar refractivity (Wildman–Crippen MR) is 142 cm³/mol. The number of rotatable bonds is 9. The van der Waals surface area contributed by atoms with Gasteiger partial charge in [-0.3, -0.25) is 23.5 Å². The number of carbonyl (C=O) groups is 3. The topological polar surface area (TPSA) is 114 Å². The largest absolute Gasteiger partial charge is 0.454 e. The summed E-state index contributed by atoms with van der Waals surface area (Å²) in [5.41, 5.74) is 2.92. The van der Waals surface area contributed by atoms with E-state index in [1.54, 1.807) is 31.2 Å². The SMILES string of the molecule is Cc1cccc(N(C(=O)C[S@](=O)CC(=O)Nc2ccc3c(c2)OCO3)[C@@H](C)C(=O)NC2CCCC2)c1C. The molecule has 0 unspecified atom stereocenters. The number of ether oxygens (including phenoxy) is 2. The van der Waals surface area contributed by atoms with Gasteiger partial charge in [-0.15, -0.1) is 0 Å². The van der Waals surface area contributed by atoms with E-state index < -0.39 is 28.7 Å². The lowest BCUT2D eigenvalue weighted by atomic mass is 10.1. The van der Waals surface area contributed by atoms with Gasteiger partial charge in [-0.05, 0) is 62.9 Å². The molecule has 2 aromatic carbocycles. The van der Waals surface area contributed by atoms with Gasteiger partial charge in [0.15, 0.2) is 11.5 Å². The molecule has 0 radical (unpaired) electrons. The maximum Gasteiger partial charge on any atom is 0.243 e. The van der Waals surface area contributed by atoms with Crippen molar-refractivity contribution in [2.75, 3.05) is 28.5 Å². The number of fused-ring (bicyclic) bond motifs is 1. The molecule has 0 spiro atoms. The third-order valence-corrected chi connectivity index (χ3v) is 7.96. The molecule has 2 N–H and O–H groups in total. The second kappa shape index (κ2) is 11.8. The van der Waals surface area contributed by atoms with Crippen molar-refractivity contribution in [2.45, 2.75) is 58.5 Å². The highest BCUT2D eigenvalue weighted by Gasteiger charge is 2.31. The summed E-state index contributed by atoms with van der Waals surface area (Å²) in [4.78, 5) is 40.5. The monoisotopic (exact) mass is 527 g/mol. The van der Waals surface area contributed by atoms with Gasteiger partial charge in [-0.2, -0.15) is 0 Å². The molecule has 1 heterocycles. The van der Waals surface area contributed by atoms with Crippen LogP contribution in [0.15, 0.2) is 36.4 Å². The Kier molecular flexibility index (Phi) is 8.48. The van der Waals surface area contributed by atoms with Crippen LogP contribution in [0.4, 0.5) is 11.4 Å². The summed E-state index contributed by atoms with van der Waals surface area (Å²) in [6.45, 7) is 5.62. The molecule has 2 atom stereocenters. The molecule has 37 heavy (non-hydrogen) atoms. The minimum atomic E-state index is -1.78. The minimum absolute atomic E-state index is 0.111. The number of carbonyl (C=O) groups excluding carboxylic acids is 3. The maximum atomic E-state index is 13.5. The molecule has 1 aliphatic carbocycles. The third kappa shape index (κ3) is 6.49. The van der Waals surface area contributed by atoms with E-state index in [0.29, 0.717) is 22.9 Å². The fraction of sp³-hybridized carbons (Fsp3) is 0.444. The Bertz CT molecular complexity index is 1210. The number of nitrogens with one attached hydrogen (secondary N) is 2. The van der Waals surface area contributed by atoms with Crippen LogP contribution in [0.25, 0.3) is 0 Å². The molecule has 1 fully saturated rings. The van der Waals surface area contributed by atoms with Crippen LogP contribution in [0.1, 0.15) is 43.7 Å². The molecule has 9 nitrogen and oxygen atoms in total. The second-order valence-electron chi connectivity index (χ2n) is 9.49. The van der Waals surface area contributed by atoms with E-state index >= 15 is 0 Å². The van der Waals surface area contributed by atoms with Gasteiger partial charge in [0, 0.05) is 34.3 Å². The van der Waals surface area contributed by atoms with Gasteiger partial charge in [-0.1, -0.05) is 25.0 Å². The van der Waals surface area contributed by atoms with E-state index in [4.69, 9.17) is 9.47 Å². The first kappa shape index (κ1) is 26.7. The van der Waals surface area contributed by atoms with Crippen LogP contribution in [0.3, 0.4) is 0 Å². The van der Waals surface area contributed by atoms with Crippen LogP contribution in [0.5, 0.6) is 11.5 Å². The zero-order valence-corrected chi connectivity index (χ0v) is 22.2. The van der Waals surface area contributed by atoms with Crippen molar-refractivity contribution in [3.63, 3.8) is 0 Å². The van der Waals surface area contributed by atoms with Crippen molar-refractivity contribution in [3.05, 3.63) is 47.5 Å². The highest BCUT2D eigenvalue weighted by molar-refractivity contribution is 7.86. The van der Waals surface area contributed by atoms with Crippen molar-refractivity contribution in [2.24, 2.45) is 0 Å². The van der Waals surface area contributed by atoms with Crippen LogP contribution < -0.4 is 25.0 Å². The number of hydrogen-bond acceptors (Lipinski definition) is 6. The third-order valence-electron chi connectivity index (χ3n) is 6.81. The number of nitrogens with zero attached hydrogens (tertiary/aromatic N) is 1. The Morgan fingerprint density at radius 1 is 1.05 bits per heavy atom. The van der Waals surface area contributed by atoms with Crippen molar-refractivity contribution < 1.29 is 28.1 Å². The Morgan fingerprint density at radius 2 is 1.78 bits per heavy atom. The lowest BCUT2D eigenvalue weighted by molar-refractivity contribution is -0.125. The van der Waals surface area contributed by atoms with E-state index in [1.807, 2.05) is 26.0 Å². The molecular formula is C27H33N3O6S. The Balaban J connectivity index is 1.43. The van der Waals surface area contributed by atoms with Crippen molar-refractivity contribution >= 4 is 39.9 Å². The lowest BCUT2D eigenvalue weighted by Crippen LogP contribution is -2.51. The Morgan fingerprint density at radius 3 is 2.54 bits per heavy atom. The molecule has 0 bridgehead atoms. The summed E-state index contributed by atoms with van der Waals surface area (Å²) in [7, 11) is -1.78. The van der Waals surface area contributed by atoms with Crippen molar-refractivity contribution in [1.29, 1.82) is 0 Å². The van der Waals surface area contributed by atoms with Crippen LogP contribution in [0, 0.1) is 13.8 Å². The lowest BCUT2D eigenvalue weighted by Gasteiger charge is -2.31. The maximum absolute atomic E-state index is 13.5. The molecule has 2 aromatic rings. The van der Waals surface area contributed by atoms with Gasteiger partial charge < -0.3 is 20.1 Å². The summed E-state index contributed by atoms with van der Waals surface area (Å²) < 4.78 is 23.4. The van der Waals surface area contributed by atoms with Gasteiger partial charge in [0.1, 0.15) is 17.5 Å². The molecule has 10 heteroatoms. The number of anilines is 2. The van der Waals surface area contributed by atoms with Crippen molar-refractivity contribution in [1.82, 2.24) is 5.32 Å². The molecule has 3 amide bonds. The number of benzene rings is 2. The van der Waals surface area contributed by atoms with Crippen LogP contribution >= 0.6 is 0 Å². The molecule has 2 aliphatic rings. The summed E-state index contributed by atoms with van der Waals surface area (Å²) in [6, 6.07) is 9.83. The second-order valence-corrected chi connectivity index (χ2v) is 11.0. The molecule has 1 aliphatic heterocycles. The van der Waals surface area contributed by atoms with Gasteiger partial charge in [0.25, 0.3) is 0 Å². The normalized spacial score (nSPS) is 16.2. The number of amides is 3. The van der Waals surface area contributed by atoms with Crippen molar-refractivity contribution in [3.8, 4) is 11.5 Å². The first-order chi connectivity index (χ1) is 17.7. The fourth-order valence-corrected chi connectivity index (χ4v) is 5.52. The van der Waals surface area contributed by atoms with Gasteiger partial charge >= 0.3 is 0 Å². The minimum Gasteiger partial charge on any atom is -0.454 e. The Hall–Kier alpha value is -3.40. The molecule has 198 valence electrons. The van der Waals surface area contributed by atoms with E-state index in [2.05, 4.69) is 10.6 Å². The quantitative estimate of drug-likeness (QED) is 0.518. The first-order valence-corrected chi connectivity index (χ1v) is 13.9. The van der Waals surface area contributed by atoms with Gasteiger partial charge in [0.2, 0.25) is 24.5 Å². The summed E-state index contributed by atoms with van der Waals surface area (Å²) in [5.74, 6) is -0.848. The highest BCUT2D eigenvalue weighted by atomic mass is 32.2. The van der Waals surface area contributed by atoms with Gasteiger partial charge in [-0.25, -0.2) is 0 Å². The average Bonchev–Trinajstić information content (AvgIpc) is 3.53. The fourth-order valence-electron chi connectivity index (χ4n) is 4.64. The van der Waals surface area contributed by atoms with E-state index in [9.17, 15) is 18.6 Å². The zero-order chi connectivity index (χ0) is 26.5. The number of hydrogen-bond donors (Lipinski definition) is 2. The smallest absolute Gasteiger partial charge is 0.243 e. The summed E-state index contributed by atoms with van der Waals surface area (Å²) in [5, 5.41) is 5.73. The molecule has 1 saturated carbocycles. The average molecular weight is 528 g/mol. The van der Waals surface area contributed by atoms with Crippen LogP contribution in [0.2, 0.25) is 0 Å². The van der Waals surface area contributed by atoms with E-state index in [0.717, 1.165) is 36.8 Å². The molecule has 4 rings (SSSR count). The molecule has 0 saturated heterocycles. The molecule has 0 aromatic heterocycles. The van der Waals surface area contributed by atoms with Gasteiger partial charge in [0.05, 0.1) is 0 Å². The highest BCUT2D eigenvalue weighted by Crippen LogP contribution is 2.34. The summed E-state index contributed by atoms with van der Waals surface area (Å²) >= 11 is 0. The van der Waals surface area contributed by atoms with Crippen LogP contribution in [-0.4, -0.2) is 52.3 Å².